The average molecular weight is 681 g/mol. The summed E-state index contributed by atoms with van der Waals surface area (Å²) in [7, 11) is 0. The van der Waals surface area contributed by atoms with E-state index in [1.807, 2.05) is 0 Å². The number of furan rings is 1. The molecule has 0 radical (unpaired) electrons. The van der Waals surface area contributed by atoms with E-state index in [9.17, 15) is 56.4 Å². The molecule has 48 heavy (non-hydrogen) atoms. The molecule has 0 saturated carbocycles. The van der Waals surface area contributed by atoms with Crippen LogP contribution in [0.1, 0.15) is 47.6 Å². The van der Waals surface area contributed by atoms with E-state index in [4.69, 9.17) is 4.42 Å². The fourth-order valence-corrected chi connectivity index (χ4v) is 6.43. The van der Waals surface area contributed by atoms with Crippen molar-refractivity contribution in [2.75, 3.05) is 18.1 Å². The number of fused-ring (bicyclic) bond motifs is 1. The first-order valence-electron chi connectivity index (χ1n) is 14.8. The number of rotatable bonds is 10. The standard InChI is InChI=1S/C33H30F6N2O7/c34-32(35,36)19-11-20(33(37,38)39)13-21(12-19)41-30(46)24-10-18(14-42)28(25(16-44)29(24)31(41)47)27(45)7-4-17(26-3-1-2-8-40-26)9-22-5-6-23(15-43)48-22/h1-3,5-6,8-9,11-13,24-25,27,29,42-45H,4,7,10,14-16H2/b17-9-/t24-,25+,27-,29-/m1/s1. The van der Waals surface area contributed by atoms with Crippen LogP contribution in [0.5, 0.6) is 0 Å². The molecule has 4 N–H and O–H groups in total. The van der Waals surface area contributed by atoms with Crippen LogP contribution < -0.4 is 4.90 Å². The summed E-state index contributed by atoms with van der Waals surface area (Å²) in [5.41, 5.74) is -3.07. The quantitative estimate of drug-likeness (QED) is 0.133. The summed E-state index contributed by atoms with van der Waals surface area (Å²) >= 11 is 0. The number of benzene rings is 1. The van der Waals surface area contributed by atoms with Crippen molar-refractivity contribution in [1.82, 2.24) is 4.98 Å². The Bertz CT molecular complexity index is 1700. The van der Waals surface area contributed by atoms with Gasteiger partial charge >= 0.3 is 12.4 Å². The van der Waals surface area contributed by atoms with Gasteiger partial charge in [0.15, 0.2) is 0 Å². The summed E-state index contributed by atoms with van der Waals surface area (Å²) < 4.78 is 87.0. The van der Waals surface area contributed by atoms with Gasteiger partial charge in [0, 0.05) is 12.1 Å². The summed E-state index contributed by atoms with van der Waals surface area (Å²) in [5.74, 6) is -5.56. The number of amides is 2. The minimum absolute atomic E-state index is 0.0445. The minimum Gasteiger partial charge on any atom is -0.459 e. The Kier molecular flexibility index (Phi) is 9.97. The Morgan fingerprint density at radius 1 is 0.958 bits per heavy atom. The Balaban J connectivity index is 1.46. The Morgan fingerprint density at radius 2 is 1.65 bits per heavy atom. The van der Waals surface area contributed by atoms with Crippen molar-refractivity contribution in [1.29, 1.82) is 0 Å². The number of hydrogen-bond donors (Lipinski definition) is 4. The van der Waals surface area contributed by atoms with Crippen LogP contribution in [0.25, 0.3) is 11.6 Å². The molecule has 1 saturated heterocycles. The maximum absolute atomic E-state index is 13.7. The highest BCUT2D eigenvalue weighted by Gasteiger charge is 2.55. The molecule has 3 heterocycles. The lowest BCUT2D eigenvalue weighted by Gasteiger charge is -2.36. The SMILES string of the molecule is O=C1[C@@H]2[C@@H](CC(CO)=C([C@H](O)CC/C(=C/c3ccc(CO)o3)c3ccccn3)[C@@H]2CO)C(=O)N1c1cc(C(F)(F)F)cc(C(F)(F)F)c1. The van der Waals surface area contributed by atoms with Crippen LogP contribution in [0, 0.1) is 17.8 Å². The predicted molar refractivity (Wildman–Crippen MR) is 157 cm³/mol. The second-order valence-electron chi connectivity index (χ2n) is 11.5. The number of aliphatic hydroxyl groups is 4. The van der Waals surface area contributed by atoms with E-state index in [1.165, 1.54) is 0 Å². The molecule has 256 valence electrons. The molecule has 15 heteroatoms. The van der Waals surface area contributed by atoms with Gasteiger partial charge in [0.25, 0.3) is 0 Å². The number of alkyl halides is 6. The Hall–Kier alpha value is -4.31. The lowest BCUT2D eigenvalue weighted by molar-refractivity contribution is -0.143. The first-order chi connectivity index (χ1) is 22.7. The van der Waals surface area contributed by atoms with Gasteiger partial charge in [-0.15, -0.1) is 0 Å². The smallest absolute Gasteiger partial charge is 0.416 e. The van der Waals surface area contributed by atoms with Gasteiger partial charge in [-0.3, -0.25) is 14.6 Å². The van der Waals surface area contributed by atoms with E-state index in [2.05, 4.69) is 4.98 Å². The van der Waals surface area contributed by atoms with E-state index < -0.39 is 78.1 Å². The molecule has 3 aromatic rings. The minimum atomic E-state index is -5.23. The molecule has 9 nitrogen and oxygen atoms in total. The maximum atomic E-state index is 13.7. The van der Waals surface area contributed by atoms with Crippen LogP contribution in [0.2, 0.25) is 0 Å². The Labute approximate surface area is 269 Å². The fraction of sp³-hybridized carbons (Fsp3) is 0.364. The number of aliphatic hydroxyl groups excluding tert-OH is 4. The van der Waals surface area contributed by atoms with Crippen molar-refractivity contribution in [3.63, 3.8) is 0 Å². The summed E-state index contributed by atoms with van der Waals surface area (Å²) in [5, 5.41) is 41.5. The van der Waals surface area contributed by atoms with Gasteiger partial charge in [0.05, 0.1) is 53.7 Å². The lowest BCUT2D eigenvalue weighted by atomic mass is 9.68. The number of imide groups is 1. The van der Waals surface area contributed by atoms with Crippen LogP contribution in [0.15, 0.2) is 70.3 Å². The third kappa shape index (κ3) is 6.95. The lowest BCUT2D eigenvalue weighted by Crippen LogP contribution is -2.39. The van der Waals surface area contributed by atoms with Gasteiger partial charge in [0.1, 0.15) is 18.1 Å². The van der Waals surface area contributed by atoms with Crippen LogP contribution >= 0.6 is 0 Å². The second kappa shape index (κ2) is 13.7. The highest BCUT2D eigenvalue weighted by atomic mass is 19.4. The van der Waals surface area contributed by atoms with E-state index in [-0.39, 0.29) is 60.1 Å². The molecule has 0 bridgehead atoms. The normalized spacial score (nSPS) is 21.2. The summed E-state index contributed by atoms with van der Waals surface area (Å²) in [6.45, 7) is -1.85. The van der Waals surface area contributed by atoms with Crippen molar-refractivity contribution in [2.24, 2.45) is 17.8 Å². The van der Waals surface area contributed by atoms with Crippen molar-refractivity contribution in [2.45, 2.75) is 44.3 Å². The molecular weight excluding hydrogens is 650 g/mol. The molecule has 1 aliphatic heterocycles. The first kappa shape index (κ1) is 35.0. The first-order valence-corrected chi connectivity index (χ1v) is 14.8. The molecule has 4 atom stereocenters. The molecule has 1 fully saturated rings. The van der Waals surface area contributed by atoms with Crippen LogP contribution in [-0.2, 0) is 28.5 Å². The zero-order valence-corrected chi connectivity index (χ0v) is 25.0. The number of aromatic nitrogens is 1. The number of carbonyl (C=O) groups excluding carboxylic acids is 2. The van der Waals surface area contributed by atoms with Gasteiger partial charge in [0.2, 0.25) is 11.8 Å². The molecular formula is C33H30F6N2O7. The largest absolute Gasteiger partial charge is 0.459 e. The van der Waals surface area contributed by atoms with E-state index in [1.54, 1.807) is 42.6 Å². The van der Waals surface area contributed by atoms with E-state index in [0.717, 1.165) is 0 Å². The van der Waals surface area contributed by atoms with E-state index in [0.29, 0.717) is 22.8 Å². The number of anilines is 1. The highest BCUT2D eigenvalue weighted by Crippen LogP contribution is 2.48. The monoisotopic (exact) mass is 680 g/mol. The van der Waals surface area contributed by atoms with Crippen LogP contribution in [-0.4, -0.2) is 56.5 Å². The molecule has 2 aromatic heterocycles. The molecule has 0 spiro atoms. The highest BCUT2D eigenvalue weighted by molar-refractivity contribution is 6.22. The third-order valence-corrected chi connectivity index (χ3v) is 8.60. The van der Waals surface area contributed by atoms with Crippen LogP contribution in [0.4, 0.5) is 32.0 Å². The zero-order valence-electron chi connectivity index (χ0n) is 25.0. The third-order valence-electron chi connectivity index (χ3n) is 8.60. The number of nitrogens with zero attached hydrogens (tertiary/aromatic N) is 2. The van der Waals surface area contributed by atoms with Crippen molar-refractivity contribution in [3.05, 3.63) is 94.2 Å². The second-order valence-corrected chi connectivity index (χ2v) is 11.5. The van der Waals surface area contributed by atoms with Crippen molar-refractivity contribution >= 4 is 29.2 Å². The number of halogens is 6. The summed E-state index contributed by atoms with van der Waals surface area (Å²) in [4.78, 5) is 31.8. The predicted octanol–water partition coefficient (Wildman–Crippen LogP) is 4.99. The van der Waals surface area contributed by atoms with Crippen molar-refractivity contribution in [3.8, 4) is 0 Å². The van der Waals surface area contributed by atoms with E-state index >= 15 is 0 Å². The molecule has 2 amide bonds. The summed E-state index contributed by atoms with van der Waals surface area (Å²) in [6, 6.07) is 8.78. The maximum Gasteiger partial charge on any atom is 0.416 e. The Morgan fingerprint density at radius 3 is 2.19 bits per heavy atom. The molecule has 5 rings (SSSR count). The number of hydrogen-bond acceptors (Lipinski definition) is 8. The van der Waals surface area contributed by atoms with Gasteiger partial charge < -0.3 is 24.8 Å². The van der Waals surface area contributed by atoms with Gasteiger partial charge in [-0.2, -0.15) is 26.3 Å². The molecule has 2 aliphatic rings. The number of carbonyl (C=O) groups is 2. The van der Waals surface area contributed by atoms with Gasteiger partial charge in [-0.05, 0) is 84.5 Å². The van der Waals surface area contributed by atoms with Gasteiger partial charge in [-0.1, -0.05) is 6.07 Å². The number of pyridine rings is 1. The van der Waals surface area contributed by atoms with Crippen LogP contribution in [0.3, 0.4) is 0 Å². The van der Waals surface area contributed by atoms with Gasteiger partial charge in [-0.25, -0.2) is 4.90 Å². The molecule has 0 unspecified atom stereocenters. The molecule has 1 aliphatic carbocycles. The zero-order chi connectivity index (χ0) is 35.0. The van der Waals surface area contributed by atoms with Crippen molar-refractivity contribution < 1.29 is 60.8 Å². The topological polar surface area (TPSA) is 144 Å². The fourth-order valence-electron chi connectivity index (χ4n) is 6.43. The molecule has 1 aromatic carbocycles. The average Bonchev–Trinajstić information content (AvgIpc) is 3.62. The number of allylic oxidation sites excluding steroid dienone is 1. The summed E-state index contributed by atoms with van der Waals surface area (Å²) in [6.07, 6.45) is -8.89.